The second-order valence-electron chi connectivity index (χ2n) is 2.95. The van der Waals surface area contributed by atoms with E-state index in [9.17, 15) is 4.39 Å². The Balaban J connectivity index is 2.44. The maximum absolute atomic E-state index is 12.8. The lowest BCUT2D eigenvalue weighted by Crippen LogP contribution is -1.94. The molecule has 0 saturated carbocycles. The summed E-state index contributed by atoms with van der Waals surface area (Å²) in [7, 11) is 0. The van der Waals surface area contributed by atoms with E-state index < -0.39 is 0 Å². The van der Waals surface area contributed by atoms with Crippen LogP contribution in [0.3, 0.4) is 0 Å². The number of hydrogen-bond acceptors (Lipinski definition) is 3. The molecule has 0 bridgehead atoms. The zero-order valence-corrected chi connectivity index (χ0v) is 9.29. The van der Waals surface area contributed by atoms with Crippen molar-refractivity contribution < 1.29 is 8.81 Å². The fourth-order valence-electron chi connectivity index (χ4n) is 1.22. The summed E-state index contributed by atoms with van der Waals surface area (Å²) in [6, 6.07) is 4.37. The highest BCUT2D eigenvalue weighted by Crippen LogP contribution is 2.29. The minimum atomic E-state index is -0.302. The molecule has 78 valence electrons. The van der Waals surface area contributed by atoms with E-state index in [0.29, 0.717) is 16.1 Å². The minimum Gasteiger partial charge on any atom is -0.439 e. The van der Waals surface area contributed by atoms with Crippen molar-refractivity contribution in [3.63, 3.8) is 0 Å². The fourth-order valence-corrected chi connectivity index (χ4v) is 1.76. The molecule has 2 rings (SSSR count). The minimum absolute atomic E-state index is 0.249. The molecule has 2 N–H and O–H groups in total. The molecule has 0 aliphatic carbocycles. The highest BCUT2D eigenvalue weighted by Gasteiger charge is 2.09. The van der Waals surface area contributed by atoms with E-state index in [1.165, 1.54) is 12.1 Å². The van der Waals surface area contributed by atoms with Crippen LogP contribution in [0.2, 0.25) is 0 Å². The molecular formula is C10H8BrFN2O. The summed E-state index contributed by atoms with van der Waals surface area (Å²) < 4.78 is 18.8. The van der Waals surface area contributed by atoms with Crippen LogP contribution in [-0.2, 0) is 6.54 Å². The Bertz CT molecular complexity index is 484. The Morgan fingerprint density at radius 3 is 2.87 bits per heavy atom. The lowest BCUT2D eigenvalue weighted by atomic mass is 10.2. The summed E-state index contributed by atoms with van der Waals surface area (Å²) in [6.45, 7) is 0.249. The van der Waals surface area contributed by atoms with Gasteiger partial charge in [-0.25, -0.2) is 9.37 Å². The lowest BCUT2D eigenvalue weighted by Gasteiger charge is -1.99. The second kappa shape index (κ2) is 4.12. The van der Waals surface area contributed by atoms with Crippen LogP contribution in [0.4, 0.5) is 4.39 Å². The summed E-state index contributed by atoms with van der Waals surface area (Å²) in [6.07, 6.45) is 1.57. The first kappa shape index (κ1) is 10.3. The van der Waals surface area contributed by atoms with E-state index in [4.69, 9.17) is 10.2 Å². The highest BCUT2D eigenvalue weighted by molar-refractivity contribution is 9.10. The van der Waals surface area contributed by atoms with E-state index in [2.05, 4.69) is 20.9 Å². The topological polar surface area (TPSA) is 52.0 Å². The van der Waals surface area contributed by atoms with E-state index in [0.717, 1.165) is 5.56 Å². The predicted octanol–water partition coefficient (Wildman–Crippen LogP) is 2.70. The van der Waals surface area contributed by atoms with Crippen LogP contribution in [0.1, 0.15) is 5.89 Å². The zero-order chi connectivity index (χ0) is 10.8. The number of halogens is 2. The molecule has 0 radical (unpaired) electrons. The molecule has 0 saturated heterocycles. The van der Waals surface area contributed by atoms with E-state index in [1.807, 2.05) is 0 Å². The fraction of sp³-hybridized carbons (Fsp3) is 0.100. The summed E-state index contributed by atoms with van der Waals surface area (Å²) in [5, 5.41) is 0. The molecule has 0 atom stereocenters. The van der Waals surface area contributed by atoms with Gasteiger partial charge in [-0.3, -0.25) is 0 Å². The third-order valence-electron chi connectivity index (χ3n) is 1.92. The molecule has 1 aromatic heterocycles. The number of nitrogens with zero attached hydrogens (tertiary/aromatic N) is 1. The molecule has 3 nitrogen and oxygen atoms in total. The first-order chi connectivity index (χ1) is 7.20. The smallest absolute Gasteiger partial charge is 0.208 e. The van der Waals surface area contributed by atoms with Gasteiger partial charge in [0.15, 0.2) is 5.76 Å². The normalized spacial score (nSPS) is 10.6. The molecule has 0 amide bonds. The SMILES string of the molecule is NCc1ncc(-c2ccc(F)cc2Br)o1. The van der Waals surface area contributed by atoms with Crippen molar-refractivity contribution in [2.24, 2.45) is 5.73 Å². The average molecular weight is 271 g/mol. The number of oxazole rings is 1. The third-order valence-corrected chi connectivity index (χ3v) is 2.58. The first-order valence-corrected chi connectivity index (χ1v) is 5.10. The quantitative estimate of drug-likeness (QED) is 0.913. The van der Waals surface area contributed by atoms with Crippen molar-refractivity contribution in [3.05, 3.63) is 40.6 Å². The Kier molecular flexibility index (Phi) is 2.83. The molecule has 15 heavy (non-hydrogen) atoms. The van der Waals surface area contributed by atoms with Gasteiger partial charge in [0, 0.05) is 10.0 Å². The molecule has 0 aliphatic heterocycles. The van der Waals surface area contributed by atoms with Crippen LogP contribution < -0.4 is 5.73 Å². The van der Waals surface area contributed by atoms with Gasteiger partial charge in [0.25, 0.3) is 0 Å². The van der Waals surface area contributed by atoms with E-state index >= 15 is 0 Å². The molecule has 0 fully saturated rings. The van der Waals surface area contributed by atoms with Crippen molar-refractivity contribution in [2.75, 3.05) is 0 Å². The van der Waals surface area contributed by atoms with Gasteiger partial charge in [-0.05, 0) is 34.1 Å². The third kappa shape index (κ3) is 2.08. The Morgan fingerprint density at radius 1 is 1.47 bits per heavy atom. The Hall–Kier alpha value is -1.20. The number of rotatable bonds is 2. The van der Waals surface area contributed by atoms with E-state index in [-0.39, 0.29) is 12.4 Å². The number of aromatic nitrogens is 1. The second-order valence-corrected chi connectivity index (χ2v) is 3.80. The van der Waals surface area contributed by atoms with Crippen LogP contribution in [0, 0.1) is 5.82 Å². The average Bonchev–Trinajstić information content (AvgIpc) is 2.66. The Morgan fingerprint density at radius 2 is 2.27 bits per heavy atom. The van der Waals surface area contributed by atoms with Crippen molar-refractivity contribution in [1.29, 1.82) is 0 Å². The van der Waals surface area contributed by atoms with Crippen molar-refractivity contribution in [2.45, 2.75) is 6.54 Å². The van der Waals surface area contributed by atoms with Gasteiger partial charge in [0.05, 0.1) is 12.7 Å². The summed E-state index contributed by atoms with van der Waals surface area (Å²) in [4.78, 5) is 3.97. The van der Waals surface area contributed by atoms with Crippen LogP contribution in [-0.4, -0.2) is 4.98 Å². The van der Waals surface area contributed by atoms with Gasteiger partial charge in [-0.2, -0.15) is 0 Å². The zero-order valence-electron chi connectivity index (χ0n) is 7.71. The van der Waals surface area contributed by atoms with Gasteiger partial charge in [-0.15, -0.1) is 0 Å². The number of hydrogen-bond donors (Lipinski definition) is 1. The van der Waals surface area contributed by atoms with Gasteiger partial charge in [0.2, 0.25) is 5.89 Å². The standard InChI is InChI=1S/C10H8BrFN2O/c11-8-3-6(12)1-2-7(8)9-5-14-10(4-13)15-9/h1-3,5H,4,13H2. The Labute approximate surface area is 94.2 Å². The van der Waals surface area contributed by atoms with Gasteiger partial charge in [-0.1, -0.05) is 0 Å². The largest absolute Gasteiger partial charge is 0.439 e. The molecule has 1 heterocycles. The molecule has 0 aliphatic rings. The van der Waals surface area contributed by atoms with Crippen LogP contribution >= 0.6 is 15.9 Å². The van der Waals surface area contributed by atoms with Crippen LogP contribution in [0.15, 0.2) is 33.3 Å². The highest BCUT2D eigenvalue weighted by atomic mass is 79.9. The summed E-state index contributed by atoms with van der Waals surface area (Å²) in [5.41, 5.74) is 6.13. The van der Waals surface area contributed by atoms with Gasteiger partial charge in [0.1, 0.15) is 5.82 Å². The molecule has 0 spiro atoms. The van der Waals surface area contributed by atoms with Crippen molar-refractivity contribution >= 4 is 15.9 Å². The lowest BCUT2D eigenvalue weighted by molar-refractivity contribution is 0.509. The van der Waals surface area contributed by atoms with Crippen molar-refractivity contribution in [3.8, 4) is 11.3 Å². The molecule has 2 aromatic rings. The predicted molar refractivity (Wildman–Crippen MR) is 57.5 cm³/mol. The summed E-state index contributed by atoms with van der Waals surface area (Å²) in [5.74, 6) is 0.729. The van der Waals surface area contributed by atoms with Crippen molar-refractivity contribution in [1.82, 2.24) is 4.98 Å². The molecule has 5 heteroatoms. The maximum atomic E-state index is 12.8. The first-order valence-electron chi connectivity index (χ1n) is 4.31. The number of benzene rings is 1. The van der Waals surface area contributed by atoms with Gasteiger partial charge < -0.3 is 10.2 Å². The molecule has 1 aromatic carbocycles. The molecule has 0 unspecified atom stereocenters. The van der Waals surface area contributed by atoms with Crippen LogP contribution in [0.25, 0.3) is 11.3 Å². The van der Waals surface area contributed by atoms with E-state index in [1.54, 1.807) is 12.3 Å². The van der Waals surface area contributed by atoms with Crippen LogP contribution in [0.5, 0.6) is 0 Å². The monoisotopic (exact) mass is 270 g/mol. The molecular weight excluding hydrogens is 263 g/mol. The van der Waals surface area contributed by atoms with Gasteiger partial charge >= 0.3 is 0 Å². The summed E-state index contributed by atoms with van der Waals surface area (Å²) >= 11 is 3.26. The number of nitrogens with two attached hydrogens (primary N) is 1. The maximum Gasteiger partial charge on any atom is 0.208 e.